The normalized spacial score (nSPS) is 16.6. The number of rotatable bonds is 4. The first-order valence-corrected chi connectivity index (χ1v) is 9.48. The molecule has 2 aromatic carbocycles. The van der Waals surface area contributed by atoms with Gasteiger partial charge < -0.3 is 18.9 Å². The summed E-state index contributed by atoms with van der Waals surface area (Å²) in [5, 5.41) is 4.99. The molecule has 1 aromatic heterocycles. The van der Waals surface area contributed by atoms with Gasteiger partial charge in [0.2, 0.25) is 12.7 Å². The second kappa shape index (κ2) is 7.16. The van der Waals surface area contributed by atoms with E-state index in [9.17, 15) is 4.79 Å². The molecule has 7 heteroatoms. The summed E-state index contributed by atoms with van der Waals surface area (Å²) in [6, 6.07) is 13.7. The number of carbonyl (C=O) groups excluding carboxylic acids is 1. The number of ether oxygens (including phenoxy) is 2. The van der Waals surface area contributed by atoms with Crippen molar-refractivity contribution in [2.75, 3.05) is 33.0 Å². The molecule has 0 bridgehead atoms. The highest BCUT2D eigenvalue weighted by atomic mass is 16.7. The van der Waals surface area contributed by atoms with Gasteiger partial charge in [0.1, 0.15) is 5.69 Å². The van der Waals surface area contributed by atoms with Crippen LogP contribution in [0.3, 0.4) is 0 Å². The van der Waals surface area contributed by atoms with Crippen LogP contribution in [0, 0.1) is 0 Å². The predicted octanol–water partition coefficient (Wildman–Crippen LogP) is 2.44. The van der Waals surface area contributed by atoms with Gasteiger partial charge in [0.25, 0.3) is 0 Å². The lowest BCUT2D eigenvalue weighted by atomic mass is 10.1. The molecule has 5 rings (SSSR count). The molecule has 7 nitrogen and oxygen atoms in total. The van der Waals surface area contributed by atoms with E-state index in [1.807, 2.05) is 41.3 Å². The quantitative estimate of drug-likeness (QED) is 0.694. The molecule has 0 spiro atoms. The van der Waals surface area contributed by atoms with Crippen molar-refractivity contribution in [3.8, 4) is 11.5 Å². The van der Waals surface area contributed by atoms with Crippen LogP contribution in [-0.4, -0.2) is 53.8 Å². The van der Waals surface area contributed by atoms with Crippen molar-refractivity contribution in [3.05, 3.63) is 53.7 Å². The Morgan fingerprint density at radius 3 is 2.71 bits per heavy atom. The van der Waals surface area contributed by atoms with Crippen molar-refractivity contribution < 1.29 is 18.8 Å². The van der Waals surface area contributed by atoms with Crippen molar-refractivity contribution in [1.82, 2.24) is 15.0 Å². The smallest absolute Gasteiger partial charge is 0.231 e. The summed E-state index contributed by atoms with van der Waals surface area (Å²) in [7, 11) is 0. The maximum atomic E-state index is 12.7. The third-order valence-corrected chi connectivity index (χ3v) is 5.34. The number of fused-ring (bicyclic) bond motifs is 2. The largest absolute Gasteiger partial charge is 0.454 e. The first-order chi connectivity index (χ1) is 13.8. The average molecular weight is 379 g/mol. The predicted molar refractivity (Wildman–Crippen MR) is 102 cm³/mol. The molecule has 2 aliphatic heterocycles. The van der Waals surface area contributed by atoms with Crippen LogP contribution >= 0.6 is 0 Å². The van der Waals surface area contributed by atoms with Crippen LogP contribution < -0.4 is 9.47 Å². The standard InChI is InChI=1S/C21H21N3O4/c25-21(12-17-16-3-1-2-4-18(16)28-22-17)24-9-7-23(8-10-24)13-15-5-6-19-20(11-15)27-14-26-19/h1-6,11H,7-10,12-14H2. The van der Waals surface area contributed by atoms with Gasteiger partial charge in [-0.05, 0) is 29.8 Å². The van der Waals surface area contributed by atoms with Crippen LogP contribution in [-0.2, 0) is 17.8 Å². The summed E-state index contributed by atoms with van der Waals surface area (Å²) in [4.78, 5) is 17.0. The van der Waals surface area contributed by atoms with Gasteiger partial charge >= 0.3 is 0 Å². The molecular weight excluding hydrogens is 358 g/mol. The van der Waals surface area contributed by atoms with E-state index >= 15 is 0 Å². The van der Waals surface area contributed by atoms with Gasteiger partial charge in [0.15, 0.2) is 17.1 Å². The Kier molecular flexibility index (Phi) is 4.37. The van der Waals surface area contributed by atoms with Crippen molar-refractivity contribution in [1.29, 1.82) is 0 Å². The molecule has 3 aromatic rings. The fraction of sp³-hybridized carbons (Fsp3) is 0.333. The van der Waals surface area contributed by atoms with E-state index in [1.54, 1.807) is 0 Å². The lowest BCUT2D eigenvalue weighted by Gasteiger charge is -2.34. The van der Waals surface area contributed by atoms with Crippen LogP contribution in [0.25, 0.3) is 11.0 Å². The third kappa shape index (κ3) is 3.29. The second-order valence-electron chi connectivity index (χ2n) is 7.15. The highest BCUT2D eigenvalue weighted by Crippen LogP contribution is 2.32. The second-order valence-corrected chi connectivity index (χ2v) is 7.15. The fourth-order valence-electron chi connectivity index (χ4n) is 3.77. The van der Waals surface area contributed by atoms with Crippen LogP contribution in [0.5, 0.6) is 11.5 Å². The number of aromatic nitrogens is 1. The van der Waals surface area contributed by atoms with E-state index < -0.39 is 0 Å². The van der Waals surface area contributed by atoms with E-state index in [-0.39, 0.29) is 12.3 Å². The topological polar surface area (TPSA) is 68.0 Å². The molecule has 28 heavy (non-hydrogen) atoms. The van der Waals surface area contributed by atoms with Gasteiger partial charge in [-0.25, -0.2) is 0 Å². The Balaban J connectivity index is 1.17. The van der Waals surface area contributed by atoms with Crippen LogP contribution in [0.4, 0.5) is 0 Å². The molecule has 0 aliphatic carbocycles. The van der Waals surface area contributed by atoms with Gasteiger partial charge in [-0.3, -0.25) is 9.69 Å². The lowest BCUT2D eigenvalue weighted by molar-refractivity contribution is -0.132. The van der Waals surface area contributed by atoms with Crippen molar-refractivity contribution in [2.24, 2.45) is 0 Å². The summed E-state index contributed by atoms with van der Waals surface area (Å²) >= 11 is 0. The number of hydrogen-bond donors (Lipinski definition) is 0. The van der Waals surface area contributed by atoms with E-state index in [0.29, 0.717) is 12.5 Å². The maximum Gasteiger partial charge on any atom is 0.231 e. The minimum Gasteiger partial charge on any atom is -0.454 e. The van der Waals surface area contributed by atoms with Crippen molar-refractivity contribution >= 4 is 16.9 Å². The number of benzene rings is 2. The highest BCUT2D eigenvalue weighted by molar-refractivity contribution is 5.86. The molecule has 1 saturated heterocycles. The molecule has 0 unspecified atom stereocenters. The molecule has 2 aliphatic rings. The van der Waals surface area contributed by atoms with Crippen LogP contribution in [0.1, 0.15) is 11.3 Å². The SMILES string of the molecule is O=C(Cc1noc2ccccc12)N1CCN(Cc2ccc3c(c2)OCO3)CC1. The van der Waals surface area contributed by atoms with E-state index in [0.717, 1.165) is 55.2 Å². The fourth-order valence-corrected chi connectivity index (χ4v) is 3.77. The number of piperazine rings is 1. The third-order valence-electron chi connectivity index (χ3n) is 5.34. The Hall–Kier alpha value is -3.06. The zero-order chi connectivity index (χ0) is 18.9. The molecule has 0 saturated carbocycles. The molecule has 0 atom stereocenters. The summed E-state index contributed by atoms with van der Waals surface area (Å²) < 4.78 is 16.1. The molecule has 1 amide bonds. The van der Waals surface area contributed by atoms with Gasteiger partial charge in [0, 0.05) is 38.1 Å². The first-order valence-electron chi connectivity index (χ1n) is 9.48. The number of carbonyl (C=O) groups is 1. The van der Waals surface area contributed by atoms with E-state index in [4.69, 9.17) is 14.0 Å². The number of para-hydroxylation sites is 1. The summed E-state index contributed by atoms with van der Waals surface area (Å²) in [5.41, 5.74) is 2.63. The Labute approximate surface area is 162 Å². The van der Waals surface area contributed by atoms with Gasteiger partial charge in [-0.15, -0.1) is 0 Å². The maximum absolute atomic E-state index is 12.7. The number of amides is 1. The molecule has 3 heterocycles. The zero-order valence-corrected chi connectivity index (χ0v) is 15.5. The Morgan fingerprint density at radius 1 is 1.00 bits per heavy atom. The van der Waals surface area contributed by atoms with E-state index in [1.165, 1.54) is 5.56 Å². The zero-order valence-electron chi connectivity index (χ0n) is 15.5. The molecule has 0 radical (unpaired) electrons. The molecule has 0 N–H and O–H groups in total. The Morgan fingerprint density at radius 2 is 1.82 bits per heavy atom. The highest BCUT2D eigenvalue weighted by Gasteiger charge is 2.23. The minimum absolute atomic E-state index is 0.0989. The van der Waals surface area contributed by atoms with Gasteiger partial charge in [-0.2, -0.15) is 0 Å². The van der Waals surface area contributed by atoms with Crippen molar-refractivity contribution in [3.63, 3.8) is 0 Å². The van der Waals surface area contributed by atoms with E-state index in [2.05, 4.69) is 16.1 Å². The Bertz CT molecular complexity index is 1010. The van der Waals surface area contributed by atoms with Gasteiger partial charge in [0.05, 0.1) is 6.42 Å². The molecule has 144 valence electrons. The lowest BCUT2D eigenvalue weighted by Crippen LogP contribution is -2.48. The van der Waals surface area contributed by atoms with Gasteiger partial charge in [-0.1, -0.05) is 23.4 Å². The summed E-state index contributed by atoms with van der Waals surface area (Å²) in [6.07, 6.45) is 0.277. The molecular formula is C21H21N3O4. The minimum atomic E-state index is 0.0989. The van der Waals surface area contributed by atoms with Crippen LogP contribution in [0.15, 0.2) is 47.0 Å². The summed E-state index contributed by atoms with van der Waals surface area (Å²) in [6.45, 7) is 4.27. The monoisotopic (exact) mass is 379 g/mol. The van der Waals surface area contributed by atoms with Crippen molar-refractivity contribution in [2.45, 2.75) is 13.0 Å². The first kappa shape index (κ1) is 17.1. The number of hydrogen-bond acceptors (Lipinski definition) is 6. The molecule has 1 fully saturated rings. The summed E-state index contributed by atoms with van der Waals surface area (Å²) in [5.74, 6) is 1.72. The average Bonchev–Trinajstić information content (AvgIpc) is 3.35. The number of nitrogens with zero attached hydrogens (tertiary/aromatic N) is 3. The van der Waals surface area contributed by atoms with Crippen LogP contribution in [0.2, 0.25) is 0 Å².